The number of likely N-dealkylation sites (tertiary alicyclic amines) is 1. The molecule has 3 saturated heterocycles. The Morgan fingerprint density at radius 2 is 1.77 bits per heavy atom. The van der Waals surface area contributed by atoms with Crippen LogP contribution in [0.5, 0.6) is 5.75 Å². The number of hydrogen-bond donors (Lipinski definition) is 1. The zero-order valence-corrected chi connectivity index (χ0v) is 20.7. The van der Waals surface area contributed by atoms with Gasteiger partial charge in [-0.05, 0) is 57.0 Å². The highest BCUT2D eigenvalue weighted by molar-refractivity contribution is 6.00. The molecule has 3 fully saturated rings. The van der Waals surface area contributed by atoms with Crippen molar-refractivity contribution in [1.82, 2.24) is 15.1 Å². The second-order valence-corrected chi connectivity index (χ2v) is 9.53. The summed E-state index contributed by atoms with van der Waals surface area (Å²) < 4.78 is 10.8. The SMILES string of the molecule is CCOc1ccc(N2CC(C(=O)N3CCC(C(=O)NCCCN4CCOCC4)CC3)CC2=O)cc1. The number of nitrogens with one attached hydrogen (secondary N) is 1. The zero-order chi connectivity index (χ0) is 24.6. The number of carbonyl (C=O) groups excluding carboxylic acids is 3. The lowest BCUT2D eigenvalue weighted by Crippen LogP contribution is -2.45. The van der Waals surface area contributed by atoms with Gasteiger partial charge >= 0.3 is 0 Å². The first-order chi connectivity index (χ1) is 17.0. The third kappa shape index (κ3) is 6.73. The second kappa shape index (κ2) is 12.4. The summed E-state index contributed by atoms with van der Waals surface area (Å²) >= 11 is 0. The van der Waals surface area contributed by atoms with Gasteiger partial charge in [0.1, 0.15) is 5.75 Å². The van der Waals surface area contributed by atoms with E-state index in [2.05, 4.69) is 10.2 Å². The molecule has 1 aromatic carbocycles. The average molecular weight is 487 g/mol. The Kier molecular flexibility index (Phi) is 8.98. The average Bonchev–Trinajstić information content (AvgIpc) is 3.29. The third-order valence-corrected chi connectivity index (χ3v) is 7.17. The first kappa shape index (κ1) is 25.4. The van der Waals surface area contributed by atoms with Crippen LogP contribution in [-0.4, -0.2) is 93.2 Å². The maximum Gasteiger partial charge on any atom is 0.228 e. The van der Waals surface area contributed by atoms with E-state index in [-0.39, 0.29) is 36.0 Å². The molecule has 35 heavy (non-hydrogen) atoms. The maximum absolute atomic E-state index is 13.1. The molecule has 3 aliphatic rings. The molecule has 9 nitrogen and oxygen atoms in total. The topological polar surface area (TPSA) is 91.4 Å². The van der Waals surface area contributed by atoms with Gasteiger partial charge in [-0.1, -0.05) is 0 Å². The molecule has 9 heteroatoms. The minimum Gasteiger partial charge on any atom is -0.494 e. The van der Waals surface area contributed by atoms with Crippen LogP contribution < -0.4 is 15.0 Å². The van der Waals surface area contributed by atoms with Crippen LogP contribution in [0, 0.1) is 11.8 Å². The molecule has 3 aliphatic heterocycles. The Bertz CT molecular complexity index is 863. The number of nitrogens with zero attached hydrogens (tertiary/aromatic N) is 3. The lowest BCUT2D eigenvalue weighted by atomic mass is 9.94. The van der Waals surface area contributed by atoms with Crippen molar-refractivity contribution in [3.8, 4) is 5.75 Å². The van der Waals surface area contributed by atoms with Crippen molar-refractivity contribution in [2.75, 3.05) is 70.5 Å². The summed E-state index contributed by atoms with van der Waals surface area (Å²) in [6.07, 6.45) is 2.51. The monoisotopic (exact) mass is 486 g/mol. The molecule has 3 amide bonds. The minimum atomic E-state index is -0.334. The molecular weight excluding hydrogens is 448 g/mol. The standard InChI is InChI=1S/C26H38N4O5/c1-2-35-23-6-4-22(5-7-23)30-19-21(18-24(30)31)26(33)29-12-8-20(9-13-29)25(32)27-10-3-11-28-14-16-34-17-15-28/h4-7,20-21H,2-3,8-19H2,1H3,(H,27,32). The normalized spacial score (nSPS) is 21.9. The molecule has 4 rings (SSSR count). The zero-order valence-electron chi connectivity index (χ0n) is 20.7. The number of hydrogen-bond acceptors (Lipinski definition) is 6. The third-order valence-electron chi connectivity index (χ3n) is 7.17. The molecule has 3 heterocycles. The van der Waals surface area contributed by atoms with Gasteiger partial charge in [-0.3, -0.25) is 19.3 Å². The van der Waals surface area contributed by atoms with Gasteiger partial charge < -0.3 is 24.6 Å². The Balaban J connectivity index is 1.18. The maximum atomic E-state index is 13.1. The van der Waals surface area contributed by atoms with Crippen LogP contribution in [-0.2, 0) is 19.1 Å². The summed E-state index contributed by atoms with van der Waals surface area (Å²) in [6.45, 7) is 9.22. The van der Waals surface area contributed by atoms with Crippen molar-refractivity contribution in [3.63, 3.8) is 0 Å². The fraction of sp³-hybridized carbons (Fsp3) is 0.654. The Morgan fingerprint density at radius 1 is 1.06 bits per heavy atom. The lowest BCUT2D eigenvalue weighted by Gasteiger charge is -2.33. The summed E-state index contributed by atoms with van der Waals surface area (Å²) in [6, 6.07) is 7.42. The van der Waals surface area contributed by atoms with Crippen LogP contribution in [0.3, 0.4) is 0 Å². The number of amides is 3. The van der Waals surface area contributed by atoms with Crippen LogP contribution >= 0.6 is 0 Å². The highest BCUT2D eigenvalue weighted by Crippen LogP contribution is 2.29. The summed E-state index contributed by atoms with van der Waals surface area (Å²) in [7, 11) is 0. The number of piperidine rings is 1. The molecule has 1 unspecified atom stereocenters. The number of morpholine rings is 1. The fourth-order valence-electron chi connectivity index (χ4n) is 5.12. The summed E-state index contributed by atoms with van der Waals surface area (Å²) in [4.78, 5) is 44.2. The summed E-state index contributed by atoms with van der Waals surface area (Å²) in [5.74, 6) is 0.471. The Morgan fingerprint density at radius 3 is 2.46 bits per heavy atom. The lowest BCUT2D eigenvalue weighted by molar-refractivity contribution is -0.139. The van der Waals surface area contributed by atoms with Crippen LogP contribution in [0.2, 0.25) is 0 Å². The smallest absolute Gasteiger partial charge is 0.228 e. The quantitative estimate of drug-likeness (QED) is 0.532. The van der Waals surface area contributed by atoms with Crippen LogP contribution in [0.1, 0.15) is 32.6 Å². The number of anilines is 1. The fourth-order valence-corrected chi connectivity index (χ4v) is 5.12. The predicted molar refractivity (Wildman–Crippen MR) is 132 cm³/mol. The molecule has 0 aliphatic carbocycles. The van der Waals surface area contributed by atoms with E-state index in [1.165, 1.54) is 0 Å². The highest BCUT2D eigenvalue weighted by atomic mass is 16.5. The van der Waals surface area contributed by atoms with Gasteiger partial charge in [0.2, 0.25) is 17.7 Å². The van der Waals surface area contributed by atoms with Crippen LogP contribution in [0.15, 0.2) is 24.3 Å². The first-order valence-corrected chi connectivity index (χ1v) is 12.9. The van der Waals surface area contributed by atoms with Gasteiger partial charge in [-0.25, -0.2) is 0 Å². The Labute approximate surface area is 207 Å². The first-order valence-electron chi connectivity index (χ1n) is 12.9. The molecule has 1 N–H and O–H groups in total. The molecule has 0 spiro atoms. The van der Waals surface area contributed by atoms with Crippen molar-refractivity contribution in [2.45, 2.75) is 32.6 Å². The van der Waals surface area contributed by atoms with Crippen molar-refractivity contribution < 1.29 is 23.9 Å². The molecule has 1 atom stereocenters. The van der Waals surface area contributed by atoms with Crippen molar-refractivity contribution in [1.29, 1.82) is 0 Å². The Hall–Kier alpha value is -2.65. The van der Waals surface area contributed by atoms with Gasteiger partial charge in [0, 0.05) is 57.3 Å². The largest absolute Gasteiger partial charge is 0.494 e. The van der Waals surface area contributed by atoms with Crippen LogP contribution in [0.25, 0.3) is 0 Å². The van der Waals surface area contributed by atoms with Crippen LogP contribution in [0.4, 0.5) is 5.69 Å². The van der Waals surface area contributed by atoms with Crippen molar-refractivity contribution in [2.24, 2.45) is 11.8 Å². The summed E-state index contributed by atoms with van der Waals surface area (Å²) in [5, 5.41) is 3.07. The number of benzene rings is 1. The molecule has 0 saturated carbocycles. The van der Waals surface area contributed by atoms with E-state index < -0.39 is 0 Å². The number of ether oxygens (including phenoxy) is 2. The molecule has 0 bridgehead atoms. The number of carbonyl (C=O) groups is 3. The van der Waals surface area contributed by atoms with E-state index >= 15 is 0 Å². The van der Waals surface area contributed by atoms with Gasteiger partial charge in [-0.2, -0.15) is 0 Å². The number of rotatable bonds is 9. The van der Waals surface area contributed by atoms with E-state index in [1.54, 1.807) is 4.90 Å². The van der Waals surface area contributed by atoms with E-state index in [0.717, 1.165) is 50.7 Å². The van der Waals surface area contributed by atoms with Crippen molar-refractivity contribution in [3.05, 3.63) is 24.3 Å². The van der Waals surface area contributed by atoms with E-state index in [9.17, 15) is 14.4 Å². The predicted octanol–water partition coefficient (Wildman–Crippen LogP) is 1.52. The van der Waals surface area contributed by atoms with E-state index in [1.807, 2.05) is 36.1 Å². The van der Waals surface area contributed by atoms with Gasteiger partial charge in [-0.15, -0.1) is 0 Å². The molecule has 0 aromatic heterocycles. The van der Waals surface area contributed by atoms with Gasteiger partial charge in [0.05, 0.1) is 25.7 Å². The minimum absolute atomic E-state index is 0.0242. The highest BCUT2D eigenvalue weighted by Gasteiger charge is 2.38. The molecule has 192 valence electrons. The van der Waals surface area contributed by atoms with Gasteiger partial charge in [0.25, 0.3) is 0 Å². The summed E-state index contributed by atoms with van der Waals surface area (Å²) in [5.41, 5.74) is 0.790. The van der Waals surface area contributed by atoms with Crippen molar-refractivity contribution >= 4 is 23.4 Å². The molecular formula is C26H38N4O5. The van der Waals surface area contributed by atoms with Gasteiger partial charge in [0.15, 0.2) is 0 Å². The molecule has 0 radical (unpaired) electrons. The van der Waals surface area contributed by atoms with E-state index in [4.69, 9.17) is 9.47 Å². The van der Waals surface area contributed by atoms with E-state index in [0.29, 0.717) is 45.6 Å². The second-order valence-electron chi connectivity index (χ2n) is 9.53. The molecule has 1 aromatic rings.